The number of benzene rings is 3. The van der Waals surface area contributed by atoms with Crippen LogP contribution in [0.3, 0.4) is 0 Å². The van der Waals surface area contributed by atoms with Crippen LogP contribution >= 0.6 is 0 Å². The van der Waals surface area contributed by atoms with E-state index < -0.39 is 5.92 Å². The summed E-state index contributed by atoms with van der Waals surface area (Å²) in [4.78, 5) is 36.7. The fourth-order valence-corrected chi connectivity index (χ4v) is 4.59. The van der Waals surface area contributed by atoms with Gasteiger partial charge in [0.25, 0.3) is 0 Å². The lowest BCUT2D eigenvalue weighted by atomic mass is 9.83. The molecule has 1 aliphatic heterocycles. The molecule has 0 saturated carbocycles. The van der Waals surface area contributed by atoms with E-state index in [1.165, 1.54) is 6.20 Å². The van der Waals surface area contributed by atoms with Gasteiger partial charge in [-0.15, -0.1) is 0 Å². The first-order chi connectivity index (χ1) is 17.7. The summed E-state index contributed by atoms with van der Waals surface area (Å²) in [6, 6.07) is 26.5. The number of hydrogen-bond acceptors (Lipinski definition) is 5. The summed E-state index contributed by atoms with van der Waals surface area (Å²) in [5.74, 6) is 0.422. The number of likely N-dealkylation sites (tertiary alicyclic amines) is 1. The second-order valence-corrected chi connectivity index (χ2v) is 8.67. The van der Waals surface area contributed by atoms with Gasteiger partial charge in [-0.1, -0.05) is 66.7 Å². The first-order valence-corrected chi connectivity index (χ1v) is 11.9. The molecule has 180 valence electrons. The number of nitrogens with one attached hydrogen (secondary N) is 1. The molecule has 1 aromatic heterocycles. The van der Waals surface area contributed by atoms with Gasteiger partial charge >= 0.3 is 0 Å². The summed E-state index contributed by atoms with van der Waals surface area (Å²) in [7, 11) is 0. The van der Waals surface area contributed by atoms with Crippen LogP contribution in [0.15, 0.2) is 104 Å². The molecule has 1 saturated heterocycles. The van der Waals surface area contributed by atoms with Crippen molar-refractivity contribution in [3.05, 3.63) is 115 Å². The maximum absolute atomic E-state index is 13.6. The number of anilines is 1. The number of ether oxygens (including phenoxy) is 1. The van der Waals surface area contributed by atoms with Crippen molar-refractivity contribution in [2.24, 2.45) is 5.92 Å². The lowest BCUT2D eigenvalue weighted by Gasteiger charge is -2.41. The van der Waals surface area contributed by atoms with Crippen molar-refractivity contribution in [3.63, 3.8) is 0 Å². The lowest BCUT2D eigenvalue weighted by Crippen LogP contribution is -2.46. The molecule has 2 unspecified atom stereocenters. The average Bonchev–Trinajstić information content (AvgIpc) is 2.91. The Kier molecular flexibility index (Phi) is 6.98. The maximum atomic E-state index is 13.6. The molecule has 0 aliphatic carbocycles. The van der Waals surface area contributed by atoms with Gasteiger partial charge in [-0.3, -0.25) is 14.6 Å². The van der Waals surface area contributed by atoms with Gasteiger partial charge in [0.05, 0.1) is 18.2 Å². The Balaban J connectivity index is 1.39. The van der Waals surface area contributed by atoms with Crippen LogP contribution in [-0.2, 0) is 16.1 Å². The zero-order valence-corrected chi connectivity index (χ0v) is 19.7. The molecule has 7 nitrogen and oxygen atoms in total. The molecule has 5 rings (SSSR count). The van der Waals surface area contributed by atoms with E-state index in [2.05, 4.69) is 15.3 Å². The number of amides is 2. The zero-order valence-electron chi connectivity index (χ0n) is 19.7. The minimum absolute atomic E-state index is 0.0520. The number of aromatic nitrogens is 2. The van der Waals surface area contributed by atoms with Crippen molar-refractivity contribution in [1.29, 1.82) is 0 Å². The predicted molar refractivity (Wildman–Crippen MR) is 136 cm³/mol. The monoisotopic (exact) mass is 478 g/mol. The summed E-state index contributed by atoms with van der Waals surface area (Å²) in [6.07, 6.45) is 5.45. The van der Waals surface area contributed by atoms with Gasteiger partial charge in [0.1, 0.15) is 5.75 Å². The van der Waals surface area contributed by atoms with Gasteiger partial charge in [0.15, 0.2) is 0 Å². The zero-order chi connectivity index (χ0) is 24.7. The molecule has 1 N–H and O–H groups in total. The van der Waals surface area contributed by atoms with E-state index in [0.717, 1.165) is 11.1 Å². The third-order valence-electron chi connectivity index (χ3n) is 6.24. The van der Waals surface area contributed by atoms with Crippen LogP contribution in [0.5, 0.6) is 11.6 Å². The molecule has 3 aromatic carbocycles. The number of nitrogens with zero attached hydrogens (tertiary/aromatic N) is 3. The molecule has 7 heteroatoms. The molecule has 36 heavy (non-hydrogen) atoms. The molecule has 2 atom stereocenters. The lowest BCUT2D eigenvalue weighted by molar-refractivity contribution is -0.142. The molecule has 1 fully saturated rings. The van der Waals surface area contributed by atoms with Crippen molar-refractivity contribution < 1.29 is 14.3 Å². The van der Waals surface area contributed by atoms with Crippen LogP contribution in [0.25, 0.3) is 0 Å². The molecule has 1 aliphatic rings. The second kappa shape index (κ2) is 10.8. The summed E-state index contributed by atoms with van der Waals surface area (Å²) < 4.78 is 5.76. The fourth-order valence-electron chi connectivity index (χ4n) is 4.59. The number of piperidine rings is 1. The van der Waals surface area contributed by atoms with Crippen molar-refractivity contribution in [3.8, 4) is 11.6 Å². The normalized spacial score (nSPS) is 17.4. The van der Waals surface area contributed by atoms with Gasteiger partial charge in [0.2, 0.25) is 17.7 Å². The standard InChI is InChI=1S/C29H26N4O3/c34-27-15-14-25(28(22-10-5-2-6-11-22)33(27)20-21-8-3-1-4-9-21)29(35)32-23-12-7-13-24(18-23)36-26-19-30-16-17-31-26/h1-13,16-19,25,28H,14-15,20H2,(H,32,35). The Bertz CT molecular complexity index is 1320. The molecular weight excluding hydrogens is 452 g/mol. The van der Waals surface area contributed by atoms with E-state index in [4.69, 9.17) is 4.74 Å². The summed E-state index contributed by atoms with van der Waals surface area (Å²) in [5.41, 5.74) is 2.59. The number of carbonyl (C=O) groups is 2. The Morgan fingerprint density at radius 3 is 2.50 bits per heavy atom. The summed E-state index contributed by atoms with van der Waals surface area (Å²) in [5, 5.41) is 3.04. The first kappa shape index (κ1) is 23.2. The van der Waals surface area contributed by atoms with Crippen LogP contribution in [0.2, 0.25) is 0 Å². The van der Waals surface area contributed by atoms with Crippen molar-refractivity contribution in [1.82, 2.24) is 14.9 Å². The third-order valence-corrected chi connectivity index (χ3v) is 6.24. The van der Waals surface area contributed by atoms with Gasteiger partial charge in [-0.25, -0.2) is 4.98 Å². The topological polar surface area (TPSA) is 84.4 Å². The van der Waals surface area contributed by atoms with E-state index >= 15 is 0 Å². The van der Waals surface area contributed by atoms with E-state index in [1.807, 2.05) is 77.7 Å². The third kappa shape index (κ3) is 5.41. The molecular formula is C29H26N4O3. The maximum Gasteiger partial charge on any atom is 0.237 e. The quantitative estimate of drug-likeness (QED) is 0.385. The number of hydrogen-bond donors (Lipinski definition) is 1. The molecule has 4 aromatic rings. The molecule has 0 bridgehead atoms. The SMILES string of the molecule is O=C(Nc1cccc(Oc2cnccn2)c1)C1CCC(=O)N(Cc2ccccc2)C1c1ccccc1. The van der Waals surface area contributed by atoms with E-state index in [-0.39, 0.29) is 17.9 Å². The largest absolute Gasteiger partial charge is 0.437 e. The Labute approximate surface area is 209 Å². The van der Waals surface area contributed by atoms with Gasteiger partial charge in [-0.2, -0.15) is 0 Å². The smallest absolute Gasteiger partial charge is 0.237 e. The number of rotatable bonds is 7. The highest BCUT2D eigenvalue weighted by molar-refractivity contribution is 5.95. The highest BCUT2D eigenvalue weighted by Gasteiger charge is 2.40. The van der Waals surface area contributed by atoms with E-state index in [1.54, 1.807) is 24.5 Å². The van der Waals surface area contributed by atoms with Crippen LogP contribution in [-0.4, -0.2) is 26.7 Å². The van der Waals surface area contributed by atoms with Gasteiger partial charge in [-0.05, 0) is 29.7 Å². The van der Waals surface area contributed by atoms with Crippen LogP contribution in [0, 0.1) is 5.92 Å². The highest BCUT2D eigenvalue weighted by Crippen LogP contribution is 2.38. The van der Waals surface area contributed by atoms with Crippen molar-refractivity contribution in [2.75, 3.05) is 5.32 Å². The Morgan fingerprint density at radius 2 is 1.75 bits per heavy atom. The molecule has 0 radical (unpaired) electrons. The Hall–Kier alpha value is -4.52. The summed E-state index contributed by atoms with van der Waals surface area (Å²) in [6.45, 7) is 0.449. The minimum atomic E-state index is -0.404. The van der Waals surface area contributed by atoms with E-state index in [9.17, 15) is 9.59 Å². The van der Waals surface area contributed by atoms with E-state index in [0.29, 0.717) is 36.7 Å². The van der Waals surface area contributed by atoms with Gasteiger partial charge < -0.3 is 15.0 Å². The molecule has 2 amide bonds. The average molecular weight is 479 g/mol. The Morgan fingerprint density at radius 1 is 0.972 bits per heavy atom. The highest BCUT2D eigenvalue weighted by atomic mass is 16.5. The number of carbonyl (C=O) groups excluding carboxylic acids is 2. The van der Waals surface area contributed by atoms with Gasteiger partial charge in [0, 0.05) is 37.1 Å². The first-order valence-electron chi connectivity index (χ1n) is 11.9. The summed E-state index contributed by atoms with van der Waals surface area (Å²) >= 11 is 0. The fraction of sp³-hybridized carbons (Fsp3) is 0.172. The van der Waals surface area contributed by atoms with Crippen LogP contribution in [0.4, 0.5) is 5.69 Å². The molecule has 2 heterocycles. The van der Waals surface area contributed by atoms with Crippen molar-refractivity contribution in [2.45, 2.75) is 25.4 Å². The minimum Gasteiger partial charge on any atom is -0.437 e. The molecule has 0 spiro atoms. The van der Waals surface area contributed by atoms with Crippen molar-refractivity contribution >= 4 is 17.5 Å². The van der Waals surface area contributed by atoms with Crippen LogP contribution < -0.4 is 10.1 Å². The van der Waals surface area contributed by atoms with Crippen LogP contribution in [0.1, 0.15) is 30.0 Å². The predicted octanol–water partition coefficient (Wildman–Crippen LogP) is 5.39. The second-order valence-electron chi connectivity index (χ2n) is 8.67.